The second-order valence-electron chi connectivity index (χ2n) is 4.25. The van der Waals surface area contributed by atoms with Crippen molar-refractivity contribution in [3.05, 3.63) is 51.0 Å². The molecule has 6 heteroatoms. The predicted molar refractivity (Wildman–Crippen MR) is 77.7 cm³/mol. The van der Waals surface area contributed by atoms with Crippen LogP contribution in [0.5, 0.6) is 0 Å². The topological polar surface area (TPSA) is 43.8 Å². The lowest BCUT2D eigenvalue weighted by Crippen LogP contribution is -2.18. The number of rotatable bonds is 4. The summed E-state index contributed by atoms with van der Waals surface area (Å²) in [7, 11) is 0. The molecule has 0 radical (unpaired) electrons. The minimum absolute atomic E-state index is 0.342. The fourth-order valence-electron chi connectivity index (χ4n) is 1.93. The molecule has 1 unspecified atom stereocenters. The van der Waals surface area contributed by atoms with Gasteiger partial charge in [-0.15, -0.1) is 0 Å². The first-order chi connectivity index (χ1) is 9.04. The Bertz CT molecular complexity index is 585. The third-order valence-electron chi connectivity index (χ3n) is 2.87. The highest BCUT2D eigenvalue weighted by Crippen LogP contribution is 2.28. The van der Waals surface area contributed by atoms with Crippen LogP contribution in [0.3, 0.4) is 0 Å². The average Bonchev–Trinajstić information content (AvgIpc) is 2.74. The number of aromatic nitrogens is 2. The summed E-state index contributed by atoms with van der Waals surface area (Å²) in [5.41, 5.74) is 7.56. The molecule has 19 heavy (non-hydrogen) atoms. The molecule has 0 saturated heterocycles. The largest absolute Gasteiger partial charge is 0.319 e. The number of aryl methyl sites for hydroxylation is 1. The number of nitrogens with two attached hydrogens (primary N) is 1. The maximum atomic E-state index is 13.6. The van der Waals surface area contributed by atoms with Crippen LogP contribution < -0.4 is 5.73 Å². The standard InChI is InChI=1S/C13H14BrClFN3/c1-2-5-19-13(10(15)7-18-19)12(17)8-3-4-9(14)11(16)6-8/h3-4,6-7,12H,2,5,17H2,1H3. The van der Waals surface area contributed by atoms with Crippen LogP contribution in [0.4, 0.5) is 4.39 Å². The average molecular weight is 347 g/mol. The van der Waals surface area contributed by atoms with E-state index in [9.17, 15) is 4.39 Å². The SMILES string of the molecule is CCCn1ncc(Cl)c1C(N)c1ccc(Br)c(F)c1. The Hall–Kier alpha value is -0.910. The van der Waals surface area contributed by atoms with E-state index in [1.54, 1.807) is 23.0 Å². The van der Waals surface area contributed by atoms with Gasteiger partial charge in [0.05, 0.1) is 27.4 Å². The third kappa shape index (κ3) is 2.99. The van der Waals surface area contributed by atoms with E-state index in [4.69, 9.17) is 17.3 Å². The fourth-order valence-corrected chi connectivity index (χ4v) is 2.44. The molecule has 2 N–H and O–H groups in total. The Morgan fingerprint density at radius 2 is 2.26 bits per heavy atom. The molecule has 2 aromatic rings. The molecule has 3 nitrogen and oxygen atoms in total. The molecule has 0 fully saturated rings. The molecular formula is C13H14BrClFN3. The summed E-state index contributed by atoms with van der Waals surface area (Å²) in [6, 6.07) is 4.33. The van der Waals surface area contributed by atoms with Crippen LogP contribution in [0.25, 0.3) is 0 Å². The third-order valence-corrected chi connectivity index (χ3v) is 3.80. The van der Waals surface area contributed by atoms with Crippen LogP contribution in [0.2, 0.25) is 5.02 Å². The van der Waals surface area contributed by atoms with Crippen LogP contribution in [0.15, 0.2) is 28.9 Å². The Balaban J connectivity index is 2.40. The highest BCUT2D eigenvalue weighted by atomic mass is 79.9. The summed E-state index contributed by atoms with van der Waals surface area (Å²) >= 11 is 9.25. The molecule has 0 spiro atoms. The highest BCUT2D eigenvalue weighted by molar-refractivity contribution is 9.10. The molecule has 0 bridgehead atoms. The maximum absolute atomic E-state index is 13.6. The second-order valence-corrected chi connectivity index (χ2v) is 5.51. The molecule has 1 heterocycles. The summed E-state index contributed by atoms with van der Waals surface area (Å²) in [4.78, 5) is 0. The summed E-state index contributed by atoms with van der Waals surface area (Å²) < 4.78 is 15.8. The van der Waals surface area contributed by atoms with E-state index in [0.717, 1.165) is 13.0 Å². The number of benzene rings is 1. The molecule has 102 valence electrons. The highest BCUT2D eigenvalue weighted by Gasteiger charge is 2.19. The van der Waals surface area contributed by atoms with Gasteiger partial charge in [0.25, 0.3) is 0 Å². The smallest absolute Gasteiger partial charge is 0.137 e. The van der Waals surface area contributed by atoms with Gasteiger partial charge in [0, 0.05) is 6.54 Å². The van der Waals surface area contributed by atoms with E-state index < -0.39 is 6.04 Å². The van der Waals surface area contributed by atoms with Crippen molar-refractivity contribution in [2.75, 3.05) is 0 Å². The molecule has 0 aliphatic heterocycles. The van der Waals surface area contributed by atoms with Crippen LogP contribution in [0.1, 0.15) is 30.6 Å². The minimum Gasteiger partial charge on any atom is -0.319 e. The molecule has 2 rings (SSSR count). The zero-order valence-electron chi connectivity index (χ0n) is 10.4. The van der Waals surface area contributed by atoms with Gasteiger partial charge in [-0.25, -0.2) is 4.39 Å². The van der Waals surface area contributed by atoms with Crippen molar-refractivity contribution < 1.29 is 4.39 Å². The van der Waals surface area contributed by atoms with Crippen molar-refractivity contribution in [2.45, 2.75) is 25.9 Å². The molecule has 1 aromatic heterocycles. The lowest BCUT2D eigenvalue weighted by molar-refractivity contribution is 0.557. The molecule has 1 atom stereocenters. The van der Waals surface area contributed by atoms with Gasteiger partial charge < -0.3 is 5.73 Å². The Labute approximate surface area is 124 Å². The van der Waals surface area contributed by atoms with Gasteiger partial charge in [0.2, 0.25) is 0 Å². The van der Waals surface area contributed by atoms with Gasteiger partial charge >= 0.3 is 0 Å². The maximum Gasteiger partial charge on any atom is 0.137 e. The predicted octanol–water partition coefficient (Wildman–Crippen LogP) is 3.90. The Morgan fingerprint density at radius 3 is 2.89 bits per heavy atom. The first-order valence-electron chi connectivity index (χ1n) is 5.96. The molecule has 1 aromatic carbocycles. The molecule has 0 aliphatic carbocycles. The molecular weight excluding hydrogens is 333 g/mol. The summed E-state index contributed by atoms with van der Waals surface area (Å²) in [5, 5.41) is 4.70. The van der Waals surface area contributed by atoms with Crippen molar-refractivity contribution in [1.29, 1.82) is 0 Å². The Kier molecular flexibility index (Phi) is 4.60. The normalized spacial score (nSPS) is 12.7. The van der Waals surface area contributed by atoms with E-state index in [0.29, 0.717) is 20.8 Å². The van der Waals surface area contributed by atoms with Crippen molar-refractivity contribution in [1.82, 2.24) is 9.78 Å². The summed E-state index contributed by atoms with van der Waals surface area (Å²) in [5.74, 6) is -0.342. The van der Waals surface area contributed by atoms with Crippen LogP contribution >= 0.6 is 27.5 Å². The van der Waals surface area contributed by atoms with Crippen LogP contribution in [0, 0.1) is 5.82 Å². The summed E-state index contributed by atoms with van der Waals surface area (Å²) in [6.45, 7) is 2.78. The van der Waals surface area contributed by atoms with Crippen molar-refractivity contribution >= 4 is 27.5 Å². The van der Waals surface area contributed by atoms with Crippen molar-refractivity contribution in [2.24, 2.45) is 5.73 Å². The van der Waals surface area contributed by atoms with E-state index in [2.05, 4.69) is 21.0 Å². The fraction of sp³-hybridized carbons (Fsp3) is 0.308. The van der Waals surface area contributed by atoms with Crippen molar-refractivity contribution in [3.63, 3.8) is 0 Å². The van der Waals surface area contributed by atoms with Crippen LogP contribution in [-0.2, 0) is 6.54 Å². The minimum atomic E-state index is -0.496. The van der Waals surface area contributed by atoms with Gasteiger partial charge in [0.1, 0.15) is 5.82 Å². The van der Waals surface area contributed by atoms with Gasteiger partial charge in [-0.05, 0) is 40.0 Å². The number of hydrogen-bond donors (Lipinski definition) is 1. The van der Waals surface area contributed by atoms with Gasteiger partial charge in [-0.3, -0.25) is 4.68 Å². The zero-order chi connectivity index (χ0) is 14.0. The van der Waals surface area contributed by atoms with E-state index in [1.807, 2.05) is 6.92 Å². The summed E-state index contributed by atoms with van der Waals surface area (Å²) in [6.07, 6.45) is 2.49. The first kappa shape index (κ1) is 14.5. The zero-order valence-corrected chi connectivity index (χ0v) is 12.7. The van der Waals surface area contributed by atoms with E-state index in [-0.39, 0.29) is 5.82 Å². The second kappa shape index (κ2) is 6.03. The molecule has 0 amide bonds. The Morgan fingerprint density at radius 1 is 1.53 bits per heavy atom. The number of halogens is 3. The lowest BCUT2D eigenvalue weighted by atomic mass is 10.0. The monoisotopic (exact) mass is 345 g/mol. The molecule has 0 aliphatic rings. The quantitative estimate of drug-likeness (QED) is 0.912. The van der Waals surface area contributed by atoms with Crippen LogP contribution in [-0.4, -0.2) is 9.78 Å². The first-order valence-corrected chi connectivity index (χ1v) is 7.13. The van der Waals surface area contributed by atoms with E-state index in [1.165, 1.54) is 6.07 Å². The number of hydrogen-bond acceptors (Lipinski definition) is 2. The van der Waals surface area contributed by atoms with Gasteiger partial charge in [-0.2, -0.15) is 5.10 Å². The van der Waals surface area contributed by atoms with E-state index >= 15 is 0 Å². The number of nitrogens with zero attached hydrogens (tertiary/aromatic N) is 2. The lowest BCUT2D eigenvalue weighted by Gasteiger charge is -2.15. The van der Waals surface area contributed by atoms with Gasteiger partial charge in [-0.1, -0.05) is 24.6 Å². The van der Waals surface area contributed by atoms with Gasteiger partial charge in [0.15, 0.2) is 0 Å². The molecule has 0 saturated carbocycles. The van der Waals surface area contributed by atoms with Crippen molar-refractivity contribution in [3.8, 4) is 0 Å².